The maximum absolute atomic E-state index is 12.4. The van der Waals surface area contributed by atoms with Gasteiger partial charge in [0.1, 0.15) is 0 Å². The van der Waals surface area contributed by atoms with Crippen LogP contribution in [0.4, 0.5) is 5.69 Å². The van der Waals surface area contributed by atoms with Crippen LogP contribution in [0.1, 0.15) is 36.7 Å². The van der Waals surface area contributed by atoms with Gasteiger partial charge < -0.3 is 10.1 Å². The number of nitrogens with one attached hydrogen (secondary N) is 1. The van der Waals surface area contributed by atoms with Gasteiger partial charge in [0.05, 0.1) is 22.9 Å². The van der Waals surface area contributed by atoms with E-state index in [1.54, 1.807) is 69.3 Å². The van der Waals surface area contributed by atoms with Crippen LogP contribution in [-0.2, 0) is 14.3 Å². The third-order valence-corrected chi connectivity index (χ3v) is 4.99. The molecule has 0 heterocycles. The standard InChI is InChI=1S/C22H22N2O4S/c1-22(2,3)19(25)13-28-21(27)17-9-4-5-10-18(17)29-14-20(26)24-16-8-6-7-15(11-16)12-23/h4-11H,13-14H2,1-3H3,(H,24,26). The normalized spacial score (nSPS) is 10.7. The summed E-state index contributed by atoms with van der Waals surface area (Å²) in [7, 11) is 0. The summed E-state index contributed by atoms with van der Waals surface area (Å²) < 4.78 is 5.15. The highest BCUT2D eigenvalue weighted by Gasteiger charge is 2.23. The van der Waals surface area contributed by atoms with Crippen molar-refractivity contribution in [3.63, 3.8) is 0 Å². The van der Waals surface area contributed by atoms with Gasteiger partial charge in [0.15, 0.2) is 12.4 Å². The molecule has 1 amide bonds. The Morgan fingerprint density at radius 3 is 2.52 bits per heavy atom. The molecule has 0 fully saturated rings. The first-order chi connectivity index (χ1) is 13.7. The topological polar surface area (TPSA) is 96.3 Å². The Kier molecular flexibility index (Phi) is 7.57. The van der Waals surface area contributed by atoms with Crippen LogP contribution in [0.15, 0.2) is 53.4 Å². The van der Waals surface area contributed by atoms with Crippen molar-refractivity contribution in [2.24, 2.45) is 5.41 Å². The molecule has 2 aromatic rings. The molecule has 0 atom stereocenters. The number of ketones is 1. The molecule has 0 bridgehead atoms. The lowest BCUT2D eigenvalue weighted by Crippen LogP contribution is -2.26. The Labute approximate surface area is 174 Å². The van der Waals surface area contributed by atoms with Gasteiger partial charge in [0, 0.05) is 16.0 Å². The zero-order valence-corrected chi connectivity index (χ0v) is 17.3. The summed E-state index contributed by atoms with van der Waals surface area (Å²) in [6.07, 6.45) is 0. The van der Waals surface area contributed by atoms with Crippen molar-refractivity contribution in [3.8, 4) is 6.07 Å². The average molecular weight is 410 g/mol. The van der Waals surface area contributed by atoms with Crippen LogP contribution >= 0.6 is 11.8 Å². The first-order valence-electron chi connectivity index (χ1n) is 8.93. The quantitative estimate of drug-likeness (QED) is 0.546. The maximum atomic E-state index is 12.4. The summed E-state index contributed by atoms with van der Waals surface area (Å²) in [5.41, 5.74) is 0.699. The molecule has 0 saturated carbocycles. The first-order valence-corrected chi connectivity index (χ1v) is 9.91. The maximum Gasteiger partial charge on any atom is 0.339 e. The lowest BCUT2D eigenvalue weighted by molar-refractivity contribution is -0.129. The van der Waals surface area contributed by atoms with Crippen LogP contribution in [0.25, 0.3) is 0 Å². The number of benzene rings is 2. The van der Waals surface area contributed by atoms with E-state index < -0.39 is 11.4 Å². The van der Waals surface area contributed by atoms with Crippen molar-refractivity contribution in [1.82, 2.24) is 0 Å². The van der Waals surface area contributed by atoms with Gasteiger partial charge in [-0.15, -0.1) is 11.8 Å². The molecule has 29 heavy (non-hydrogen) atoms. The smallest absolute Gasteiger partial charge is 0.339 e. The highest BCUT2D eigenvalue weighted by Crippen LogP contribution is 2.24. The number of nitriles is 1. The molecule has 0 aromatic heterocycles. The highest BCUT2D eigenvalue weighted by atomic mass is 32.2. The van der Waals surface area contributed by atoms with E-state index >= 15 is 0 Å². The number of anilines is 1. The number of thioether (sulfide) groups is 1. The minimum absolute atomic E-state index is 0.0714. The second-order valence-electron chi connectivity index (χ2n) is 7.27. The fourth-order valence-corrected chi connectivity index (χ4v) is 3.03. The molecular formula is C22H22N2O4S. The largest absolute Gasteiger partial charge is 0.454 e. The van der Waals surface area contributed by atoms with Gasteiger partial charge in [0.25, 0.3) is 0 Å². The van der Waals surface area contributed by atoms with Crippen molar-refractivity contribution in [3.05, 3.63) is 59.7 Å². The van der Waals surface area contributed by atoms with Crippen molar-refractivity contribution in [2.75, 3.05) is 17.7 Å². The molecular weight excluding hydrogens is 388 g/mol. The van der Waals surface area contributed by atoms with Gasteiger partial charge in [-0.2, -0.15) is 5.26 Å². The number of carbonyl (C=O) groups is 3. The van der Waals surface area contributed by atoms with Crippen LogP contribution in [0.2, 0.25) is 0 Å². The van der Waals surface area contributed by atoms with Crippen LogP contribution in [0, 0.1) is 16.7 Å². The number of hydrogen-bond acceptors (Lipinski definition) is 6. The predicted molar refractivity (Wildman–Crippen MR) is 112 cm³/mol. The van der Waals surface area contributed by atoms with Crippen molar-refractivity contribution >= 4 is 35.1 Å². The highest BCUT2D eigenvalue weighted by molar-refractivity contribution is 8.00. The SMILES string of the molecule is CC(C)(C)C(=O)COC(=O)c1ccccc1SCC(=O)Nc1cccc(C#N)c1. The molecule has 0 unspecified atom stereocenters. The van der Waals surface area contributed by atoms with E-state index in [0.29, 0.717) is 21.7 Å². The first kappa shape index (κ1) is 22.2. The number of hydrogen-bond donors (Lipinski definition) is 1. The molecule has 7 heteroatoms. The monoisotopic (exact) mass is 410 g/mol. The lowest BCUT2D eigenvalue weighted by Gasteiger charge is -2.16. The zero-order chi connectivity index (χ0) is 21.4. The molecule has 150 valence electrons. The Morgan fingerprint density at radius 2 is 1.83 bits per heavy atom. The van der Waals surface area contributed by atoms with E-state index in [4.69, 9.17) is 10.00 Å². The molecule has 0 aliphatic heterocycles. The van der Waals surface area contributed by atoms with E-state index in [-0.39, 0.29) is 24.1 Å². The number of esters is 1. The number of nitrogens with zero attached hydrogens (tertiary/aromatic N) is 1. The zero-order valence-electron chi connectivity index (χ0n) is 16.5. The van der Waals surface area contributed by atoms with Crippen LogP contribution in [-0.4, -0.2) is 30.0 Å². The number of rotatable bonds is 7. The number of Topliss-reactive ketones (excluding diaryl/α,β-unsaturated/α-hetero) is 1. The summed E-state index contributed by atoms with van der Waals surface area (Å²) in [6, 6.07) is 15.4. The van der Waals surface area contributed by atoms with E-state index in [9.17, 15) is 14.4 Å². The summed E-state index contributed by atoms with van der Waals surface area (Å²) in [5.74, 6) is -0.971. The van der Waals surface area contributed by atoms with Crippen molar-refractivity contribution in [2.45, 2.75) is 25.7 Å². The van der Waals surface area contributed by atoms with E-state index in [1.165, 1.54) is 11.8 Å². The molecule has 0 radical (unpaired) electrons. The van der Waals surface area contributed by atoms with E-state index in [1.807, 2.05) is 6.07 Å². The number of amides is 1. The molecule has 1 N–H and O–H groups in total. The Balaban J connectivity index is 1.97. The fraction of sp³-hybridized carbons (Fsp3) is 0.273. The van der Waals surface area contributed by atoms with E-state index in [0.717, 1.165) is 0 Å². The van der Waals surface area contributed by atoms with Crippen molar-refractivity contribution in [1.29, 1.82) is 5.26 Å². The number of ether oxygens (including phenoxy) is 1. The van der Waals surface area contributed by atoms with Gasteiger partial charge in [-0.3, -0.25) is 9.59 Å². The molecule has 0 aliphatic carbocycles. The third-order valence-electron chi connectivity index (χ3n) is 3.91. The fourth-order valence-electron chi connectivity index (χ4n) is 2.19. The Hall–Kier alpha value is -3.11. The summed E-state index contributed by atoms with van der Waals surface area (Å²) in [4.78, 5) is 37.1. The average Bonchev–Trinajstić information content (AvgIpc) is 2.69. The second-order valence-corrected chi connectivity index (χ2v) is 8.29. The third kappa shape index (κ3) is 6.77. The van der Waals surface area contributed by atoms with Crippen LogP contribution in [0.3, 0.4) is 0 Å². The van der Waals surface area contributed by atoms with Gasteiger partial charge in [-0.05, 0) is 30.3 Å². The summed E-state index contributed by atoms with van der Waals surface area (Å²) in [6.45, 7) is 4.99. The molecule has 0 spiro atoms. The predicted octanol–water partition coefficient (Wildman–Crippen LogP) is 4.06. The molecule has 2 aromatic carbocycles. The van der Waals surface area contributed by atoms with Gasteiger partial charge >= 0.3 is 5.97 Å². The molecule has 2 rings (SSSR count). The lowest BCUT2D eigenvalue weighted by atomic mass is 9.91. The second kappa shape index (κ2) is 9.89. The Morgan fingerprint density at radius 1 is 1.10 bits per heavy atom. The summed E-state index contributed by atoms with van der Waals surface area (Å²) in [5, 5.41) is 11.6. The minimum Gasteiger partial charge on any atom is -0.454 e. The number of carbonyl (C=O) groups excluding carboxylic acids is 3. The molecule has 0 saturated heterocycles. The van der Waals surface area contributed by atoms with Crippen LogP contribution in [0.5, 0.6) is 0 Å². The minimum atomic E-state index is -0.604. The summed E-state index contributed by atoms with van der Waals surface area (Å²) >= 11 is 1.19. The molecule has 6 nitrogen and oxygen atoms in total. The van der Waals surface area contributed by atoms with Gasteiger partial charge in [-0.1, -0.05) is 39.0 Å². The Bertz CT molecular complexity index is 958. The van der Waals surface area contributed by atoms with Crippen molar-refractivity contribution < 1.29 is 19.1 Å². The van der Waals surface area contributed by atoms with Crippen LogP contribution < -0.4 is 5.32 Å². The molecule has 0 aliphatic rings. The van der Waals surface area contributed by atoms with Gasteiger partial charge in [0.2, 0.25) is 5.91 Å². The van der Waals surface area contributed by atoms with E-state index in [2.05, 4.69) is 5.32 Å². The van der Waals surface area contributed by atoms with Gasteiger partial charge in [-0.25, -0.2) is 4.79 Å².